The highest BCUT2D eigenvalue weighted by Crippen LogP contribution is 2.46. The van der Waals surface area contributed by atoms with Crippen LogP contribution in [0.25, 0.3) is 20.2 Å². The van der Waals surface area contributed by atoms with Gasteiger partial charge in [0.2, 0.25) is 0 Å². The van der Waals surface area contributed by atoms with E-state index in [2.05, 4.69) is 37.8 Å². The minimum Gasteiger partial charge on any atom is -0.343 e. The van der Waals surface area contributed by atoms with Crippen LogP contribution in [0, 0.1) is 0 Å². The maximum absolute atomic E-state index is 13.6. The number of fused-ring (bicyclic) bond motifs is 3. The van der Waals surface area contributed by atoms with Crippen molar-refractivity contribution in [2.45, 2.75) is 32.4 Å². The summed E-state index contributed by atoms with van der Waals surface area (Å²) in [5, 5.41) is 1.51. The summed E-state index contributed by atoms with van der Waals surface area (Å²) in [6.07, 6.45) is -4.37. The van der Waals surface area contributed by atoms with E-state index in [1.807, 2.05) is 37.4 Å². The van der Waals surface area contributed by atoms with Crippen molar-refractivity contribution in [1.29, 1.82) is 0 Å². The van der Waals surface area contributed by atoms with Crippen molar-refractivity contribution in [3.63, 3.8) is 0 Å². The molecular formula is C24H22F3NS. The van der Waals surface area contributed by atoms with E-state index in [0.717, 1.165) is 27.5 Å². The van der Waals surface area contributed by atoms with Crippen molar-refractivity contribution >= 4 is 42.9 Å². The van der Waals surface area contributed by atoms with Gasteiger partial charge in [-0.05, 0) is 29.2 Å². The third kappa shape index (κ3) is 3.38. The minimum atomic E-state index is -4.37. The zero-order valence-electron chi connectivity index (χ0n) is 16.8. The van der Waals surface area contributed by atoms with Gasteiger partial charge >= 0.3 is 6.18 Å². The second-order valence-corrected chi connectivity index (χ2v) is 9.28. The van der Waals surface area contributed by atoms with Crippen molar-refractivity contribution in [2.24, 2.45) is 0 Å². The second-order valence-electron chi connectivity index (χ2n) is 8.26. The molecule has 150 valence electrons. The highest BCUT2D eigenvalue weighted by molar-refractivity contribution is 7.26. The Kier molecular flexibility index (Phi) is 4.61. The molecule has 0 spiro atoms. The lowest BCUT2D eigenvalue weighted by molar-refractivity contribution is -0.136. The Hall–Kier alpha value is -2.53. The number of thiophene rings is 1. The van der Waals surface area contributed by atoms with Gasteiger partial charge in [0.25, 0.3) is 0 Å². The molecule has 0 aliphatic rings. The normalized spacial score (nSPS) is 12.7. The fourth-order valence-electron chi connectivity index (χ4n) is 3.82. The molecular weight excluding hydrogens is 391 g/mol. The Bertz CT molecular complexity index is 1200. The summed E-state index contributed by atoms with van der Waals surface area (Å²) >= 11 is 1.22. The molecule has 29 heavy (non-hydrogen) atoms. The van der Waals surface area contributed by atoms with Crippen LogP contribution in [0.4, 0.5) is 24.5 Å². The average molecular weight is 414 g/mol. The van der Waals surface area contributed by atoms with E-state index in [4.69, 9.17) is 0 Å². The first kappa shape index (κ1) is 19.8. The lowest BCUT2D eigenvalue weighted by Crippen LogP contribution is -2.19. The van der Waals surface area contributed by atoms with Crippen molar-refractivity contribution < 1.29 is 13.2 Å². The van der Waals surface area contributed by atoms with E-state index in [1.165, 1.54) is 23.0 Å². The quantitative estimate of drug-likeness (QED) is 0.320. The van der Waals surface area contributed by atoms with Gasteiger partial charge in [0.1, 0.15) is 0 Å². The first-order chi connectivity index (χ1) is 13.6. The van der Waals surface area contributed by atoms with Crippen LogP contribution in [0.15, 0.2) is 60.7 Å². The number of benzene rings is 3. The molecule has 0 saturated carbocycles. The Balaban J connectivity index is 1.97. The smallest absolute Gasteiger partial charge is 0.343 e. The van der Waals surface area contributed by atoms with E-state index in [-0.39, 0.29) is 5.41 Å². The minimum absolute atomic E-state index is 0.0532. The van der Waals surface area contributed by atoms with Crippen LogP contribution in [-0.4, -0.2) is 7.05 Å². The molecule has 0 atom stereocenters. The first-order valence-electron chi connectivity index (χ1n) is 9.44. The number of halogens is 3. The van der Waals surface area contributed by atoms with Gasteiger partial charge < -0.3 is 4.90 Å². The average Bonchev–Trinajstić information content (AvgIpc) is 3.04. The van der Waals surface area contributed by atoms with Gasteiger partial charge in [-0.25, -0.2) is 0 Å². The molecule has 3 aromatic carbocycles. The fraction of sp³-hybridized carbons (Fsp3) is 0.250. The van der Waals surface area contributed by atoms with Crippen LogP contribution < -0.4 is 4.90 Å². The SMILES string of the molecule is CN(c1ccccc1C(C)(C)C)c1cccc2c1sc1c(C(F)(F)F)cccc12. The van der Waals surface area contributed by atoms with E-state index >= 15 is 0 Å². The molecule has 0 saturated heterocycles. The Morgan fingerprint density at radius 2 is 1.24 bits per heavy atom. The third-order valence-corrected chi connectivity index (χ3v) is 6.52. The van der Waals surface area contributed by atoms with Crippen LogP contribution in [-0.2, 0) is 11.6 Å². The fourth-order valence-corrected chi connectivity index (χ4v) is 5.21. The second kappa shape index (κ2) is 6.77. The van der Waals surface area contributed by atoms with Crippen LogP contribution in [0.2, 0.25) is 0 Å². The number of hydrogen-bond donors (Lipinski definition) is 0. The number of nitrogens with zero attached hydrogens (tertiary/aromatic N) is 1. The summed E-state index contributed by atoms with van der Waals surface area (Å²) in [5.41, 5.74) is 2.54. The van der Waals surface area contributed by atoms with Gasteiger partial charge in [-0.1, -0.05) is 63.2 Å². The molecule has 0 unspecified atom stereocenters. The molecule has 1 heterocycles. The van der Waals surface area contributed by atoms with Gasteiger partial charge in [-0.15, -0.1) is 11.3 Å². The molecule has 0 aliphatic heterocycles. The molecule has 0 bridgehead atoms. The Morgan fingerprint density at radius 1 is 0.690 bits per heavy atom. The molecule has 0 amide bonds. The number of anilines is 2. The topological polar surface area (TPSA) is 3.24 Å². The predicted octanol–water partition coefficient (Wildman–Crippen LogP) is 8.14. The van der Waals surface area contributed by atoms with Crippen molar-refractivity contribution in [3.05, 3.63) is 71.8 Å². The number of alkyl halides is 3. The molecule has 5 heteroatoms. The summed E-state index contributed by atoms with van der Waals surface area (Å²) in [6, 6.07) is 18.4. The zero-order valence-corrected chi connectivity index (χ0v) is 17.6. The standard InChI is InChI=1S/C24H22F3NS/c1-23(2,3)17-11-5-6-13-19(17)28(4)20-14-8-10-16-15-9-7-12-18(24(25,26)27)21(15)29-22(16)20/h5-14H,1-4H3. The molecule has 0 radical (unpaired) electrons. The van der Waals surface area contributed by atoms with Crippen molar-refractivity contribution in [1.82, 2.24) is 0 Å². The summed E-state index contributed by atoms with van der Waals surface area (Å²) < 4.78 is 41.8. The van der Waals surface area contributed by atoms with E-state index in [9.17, 15) is 13.2 Å². The summed E-state index contributed by atoms with van der Waals surface area (Å²) in [7, 11) is 1.98. The maximum Gasteiger partial charge on any atom is 0.417 e. The molecule has 0 aliphatic carbocycles. The van der Waals surface area contributed by atoms with E-state index in [1.54, 1.807) is 6.07 Å². The molecule has 4 aromatic rings. The lowest BCUT2D eigenvalue weighted by Gasteiger charge is -2.29. The lowest BCUT2D eigenvalue weighted by atomic mass is 9.85. The molecule has 4 rings (SSSR count). The van der Waals surface area contributed by atoms with E-state index < -0.39 is 11.7 Å². The highest BCUT2D eigenvalue weighted by atomic mass is 32.1. The van der Waals surface area contributed by atoms with Crippen molar-refractivity contribution in [2.75, 3.05) is 11.9 Å². The largest absolute Gasteiger partial charge is 0.417 e. The molecule has 1 nitrogen and oxygen atoms in total. The summed E-state index contributed by atoms with van der Waals surface area (Å²) in [5.74, 6) is 0. The van der Waals surface area contributed by atoms with Crippen LogP contribution in [0.3, 0.4) is 0 Å². The van der Waals surface area contributed by atoms with Crippen LogP contribution in [0.1, 0.15) is 31.9 Å². The maximum atomic E-state index is 13.6. The molecule has 1 aromatic heterocycles. The highest BCUT2D eigenvalue weighted by Gasteiger charge is 2.33. The molecule has 0 N–H and O–H groups in total. The number of rotatable bonds is 2. The molecule has 0 fully saturated rings. The summed E-state index contributed by atoms with van der Waals surface area (Å²) in [4.78, 5) is 2.09. The number of para-hydroxylation sites is 1. The van der Waals surface area contributed by atoms with Crippen LogP contribution >= 0.6 is 11.3 Å². The van der Waals surface area contributed by atoms with Crippen LogP contribution in [0.5, 0.6) is 0 Å². The van der Waals surface area contributed by atoms with Gasteiger partial charge in [-0.2, -0.15) is 13.2 Å². The van der Waals surface area contributed by atoms with E-state index in [0.29, 0.717) is 10.1 Å². The van der Waals surface area contributed by atoms with Gasteiger partial charge in [0.05, 0.1) is 16.0 Å². The third-order valence-electron chi connectivity index (χ3n) is 5.24. The summed E-state index contributed by atoms with van der Waals surface area (Å²) in [6.45, 7) is 6.49. The Morgan fingerprint density at radius 3 is 1.90 bits per heavy atom. The zero-order chi connectivity index (χ0) is 21.0. The number of hydrogen-bond acceptors (Lipinski definition) is 2. The van der Waals surface area contributed by atoms with Crippen molar-refractivity contribution in [3.8, 4) is 0 Å². The van der Waals surface area contributed by atoms with Gasteiger partial charge in [0.15, 0.2) is 0 Å². The van der Waals surface area contributed by atoms with Gasteiger partial charge in [0, 0.05) is 28.2 Å². The van der Waals surface area contributed by atoms with Gasteiger partial charge in [-0.3, -0.25) is 0 Å². The monoisotopic (exact) mass is 413 g/mol. The predicted molar refractivity (Wildman–Crippen MR) is 118 cm³/mol. The Labute approximate surface area is 172 Å². The first-order valence-corrected chi connectivity index (χ1v) is 10.3.